The van der Waals surface area contributed by atoms with E-state index >= 15 is 0 Å². The number of ketones is 1. The first-order valence-electron chi connectivity index (χ1n) is 9.44. The van der Waals surface area contributed by atoms with Gasteiger partial charge in [0.2, 0.25) is 0 Å². The standard InChI is InChI=1S/C22H22N4O2/c1-14-9-10-15(2)18(12-14)21(27)16-6-3-4-7-17(16)22(28)23-13-20-25-24-19-8-5-11-26(19)20/h3-4,6-7,9-10,12H,5,8,11,13H2,1-2H3,(H,23,28). The van der Waals surface area contributed by atoms with E-state index in [4.69, 9.17) is 0 Å². The number of fused-ring (bicyclic) bond motifs is 1. The predicted octanol–water partition coefficient (Wildman–Crippen LogP) is 3.00. The van der Waals surface area contributed by atoms with Gasteiger partial charge in [0.15, 0.2) is 11.6 Å². The molecule has 0 fully saturated rings. The lowest BCUT2D eigenvalue weighted by atomic mass is 9.94. The number of nitrogens with zero attached hydrogens (tertiary/aromatic N) is 3. The van der Waals surface area contributed by atoms with Crippen molar-refractivity contribution in [3.8, 4) is 0 Å². The van der Waals surface area contributed by atoms with Crippen LogP contribution in [0.25, 0.3) is 0 Å². The fourth-order valence-corrected chi connectivity index (χ4v) is 3.60. The summed E-state index contributed by atoms with van der Waals surface area (Å²) < 4.78 is 2.05. The lowest BCUT2D eigenvalue weighted by Gasteiger charge is -2.11. The van der Waals surface area contributed by atoms with Crippen molar-refractivity contribution in [1.82, 2.24) is 20.1 Å². The maximum Gasteiger partial charge on any atom is 0.252 e. The molecule has 1 N–H and O–H groups in total. The number of carbonyl (C=O) groups excluding carboxylic acids is 2. The quantitative estimate of drug-likeness (QED) is 0.697. The molecule has 2 aromatic carbocycles. The number of hydrogen-bond donors (Lipinski definition) is 1. The van der Waals surface area contributed by atoms with E-state index in [1.807, 2.05) is 36.6 Å². The summed E-state index contributed by atoms with van der Waals surface area (Å²) in [6.45, 7) is 5.03. The van der Waals surface area contributed by atoms with Gasteiger partial charge in [0.05, 0.1) is 12.1 Å². The van der Waals surface area contributed by atoms with Gasteiger partial charge < -0.3 is 9.88 Å². The molecule has 0 aliphatic carbocycles. The third-order valence-corrected chi connectivity index (χ3v) is 5.15. The largest absolute Gasteiger partial charge is 0.345 e. The lowest BCUT2D eigenvalue weighted by molar-refractivity contribution is 0.0938. The highest BCUT2D eigenvalue weighted by Crippen LogP contribution is 2.19. The van der Waals surface area contributed by atoms with Crippen LogP contribution in [0.3, 0.4) is 0 Å². The average Bonchev–Trinajstić information content (AvgIpc) is 3.32. The summed E-state index contributed by atoms with van der Waals surface area (Å²) in [5.41, 5.74) is 3.30. The zero-order valence-electron chi connectivity index (χ0n) is 16.0. The maximum atomic E-state index is 13.1. The molecule has 1 aliphatic rings. The molecule has 142 valence electrons. The van der Waals surface area contributed by atoms with Crippen LogP contribution in [0.5, 0.6) is 0 Å². The first kappa shape index (κ1) is 18.1. The molecule has 6 nitrogen and oxygen atoms in total. The number of hydrogen-bond acceptors (Lipinski definition) is 4. The Hall–Kier alpha value is -3.28. The van der Waals surface area contributed by atoms with Gasteiger partial charge in [-0.2, -0.15) is 0 Å². The Morgan fingerprint density at radius 3 is 2.64 bits per heavy atom. The van der Waals surface area contributed by atoms with E-state index in [1.165, 1.54) is 0 Å². The van der Waals surface area contributed by atoms with Gasteiger partial charge in [-0.25, -0.2) is 0 Å². The van der Waals surface area contributed by atoms with Gasteiger partial charge in [0.25, 0.3) is 5.91 Å². The second kappa shape index (κ2) is 7.38. The van der Waals surface area contributed by atoms with Gasteiger partial charge in [-0.15, -0.1) is 10.2 Å². The number of aryl methyl sites for hydroxylation is 3. The van der Waals surface area contributed by atoms with E-state index in [9.17, 15) is 9.59 Å². The first-order valence-corrected chi connectivity index (χ1v) is 9.44. The summed E-state index contributed by atoms with van der Waals surface area (Å²) >= 11 is 0. The molecule has 0 saturated carbocycles. The Labute approximate surface area is 163 Å². The molecule has 0 spiro atoms. The highest BCUT2D eigenvalue weighted by Gasteiger charge is 2.21. The number of amides is 1. The van der Waals surface area contributed by atoms with Crippen molar-refractivity contribution in [2.45, 2.75) is 39.8 Å². The van der Waals surface area contributed by atoms with E-state index in [0.717, 1.165) is 42.2 Å². The predicted molar refractivity (Wildman–Crippen MR) is 105 cm³/mol. The molecule has 3 aromatic rings. The summed E-state index contributed by atoms with van der Waals surface area (Å²) in [4.78, 5) is 26.0. The van der Waals surface area contributed by atoms with E-state index in [0.29, 0.717) is 16.7 Å². The van der Waals surface area contributed by atoms with Crippen molar-refractivity contribution in [2.75, 3.05) is 0 Å². The number of carbonyl (C=O) groups is 2. The van der Waals surface area contributed by atoms with Crippen LogP contribution in [-0.4, -0.2) is 26.5 Å². The number of benzene rings is 2. The Morgan fingerprint density at radius 2 is 1.82 bits per heavy atom. The van der Waals surface area contributed by atoms with Crippen LogP contribution >= 0.6 is 0 Å². The highest BCUT2D eigenvalue weighted by molar-refractivity contribution is 6.15. The van der Waals surface area contributed by atoms with Crippen LogP contribution in [0.15, 0.2) is 42.5 Å². The molecule has 0 saturated heterocycles. The Kier molecular flexibility index (Phi) is 4.77. The maximum absolute atomic E-state index is 13.1. The van der Waals surface area contributed by atoms with Gasteiger partial charge in [0, 0.05) is 24.1 Å². The molecule has 1 aromatic heterocycles. The van der Waals surface area contributed by atoms with Gasteiger partial charge in [-0.1, -0.05) is 35.9 Å². The summed E-state index contributed by atoms with van der Waals surface area (Å²) in [7, 11) is 0. The normalized spacial score (nSPS) is 12.6. The second-order valence-corrected chi connectivity index (χ2v) is 7.16. The second-order valence-electron chi connectivity index (χ2n) is 7.16. The highest BCUT2D eigenvalue weighted by atomic mass is 16.2. The molecule has 0 bridgehead atoms. The van der Waals surface area contributed by atoms with Gasteiger partial charge >= 0.3 is 0 Å². The summed E-state index contributed by atoms with van der Waals surface area (Å²) in [6, 6.07) is 12.7. The van der Waals surface area contributed by atoms with Crippen LogP contribution in [-0.2, 0) is 19.5 Å². The van der Waals surface area contributed by atoms with Gasteiger partial charge in [-0.3, -0.25) is 9.59 Å². The van der Waals surface area contributed by atoms with E-state index < -0.39 is 0 Å². The summed E-state index contributed by atoms with van der Waals surface area (Å²) in [5, 5.41) is 11.2. The molecule has 28 heavy (non-hydrogen) atoms. The number of nitrogens with one attached hydrogen (secondary N) is 1. The van der Waals surface area contributed by atoms with E-state index in [1.54, 1.807) is 24.3 Å². The van der Waals surface area contributed by atoms with Crippen molar-refractivity contribution in [3.05, 3.63) is 81.9 Å². The van der Waals surface area contributed by atoms with Gasteiger partial charge in [0.1, 0.15) is 5.82 Å². The monoisotopic (exact) mass is 374 g/mol. The number of rotatable bonds is 5. The molecule has 6 heteroatoms. The minimum Gasteiger partial charge on any atom is -0.345 e. The van der Waals surface area contributed by atoms with Crippen LogP contribution in [0.4, 0.5) is 0 Å². The number of aromatic nitrogens is 3. The van der Waals surface area contributed by atoms with Crippen LogP contribution < -0.4 is 5.32 Å². The Balaban J connectivity index is 1.57. The lowest BCUT2D eigenvalue weighted by Crippen LogP contribution is -2.26. The first-order chi connectivity index (χ1) is 13.5. The van der Waals surface area contributed by atoms with Gasteiger partial charge in [-0.05, 0) is 38.0 Å². The van der Waals surface area contributed by atoms with E-state index in [-0.39, 0.29) is 18.2 Å². The molecule has 1 aliphatic heterocycles. The summed E-state index contributed by atoms with van der Waals surface area (Å²) in [5.74, 6) is 1.29. The van der Waals surface area contributed by atoms with Crippen LogP contribution in [0.2, 0.25) is 0 Å². The van der Waals surface area contributed by atoms with E-state index in [2.05, 4.69) is 15.5 Å². The zero-order valence-corrected chi connectivity index (χ0v) is 16.0. The average molecular weight is 374 g/mol. The van der Waals surface area contributed by atoms with Crippen molar-refractivity contribution < 1.29 is 9.59 Å². The zero-order chi connectivity index (χ0) is 19.7. The van der Waals surface area contributed by atoms with Crippen molar-refractivity contribution in [2.24, 2.45) is 0 Å². The molecule has 0 unspecified atom stereocenters. The minimum absolute atomic E-state index is 0.143. The van der Waals surface area contributed by atoms with Crippen LogP contribution in [0.1, 0.15) is 55.5 Å². The molecule has 1 amide bonds. The molecule has 0 radical (unpaired) electrons. The molecule has 4 rings (SSSR count). The van der Waals surface area contributed by atoms with Crippen molar-refractivity contribution >= 4 is 11.7 Å². The Morgan fingerprint density at radius 1 is 1.04 bits per heavy atom. The molecule has 2 heterocycles. The van der Waals surface area contributed by atoms with Crippen molar-refractivity contribution in [3.63, 3.8) is 0 Å². The third kappa shape index (κ3) is 3.33. The molecule has 0 atom stereocenters. The fourth-order valence-electron chi connectivity index (χ4n) is 3.60. The third-order valence-electron chi connectivity index (χ3n) is 5.15. The minimum atomic E-state index is -0.287. The molecular weight excluding hydrogens is 352 g/mol. The summed E-state index contributed by atoms with van der Waals surface area (Å²) in [6.07, 6.45) is 1.98. The SMILES string of the molecule is Cc1ccc(C)c(C(=O)c2ccccc2C(=O)NCc2nnc3n2CCC3)c1. The van der Waals surface area contributed by atoms with Crippen molar-refractivity contribution in [1.29, 1.82) is 0 Å². The Bertz CT molecular complexity index is 1070. The topological polar surface area (TPSA) is 76.9 Å². The van der Waals surface area contributed by atoms with Crippen LogP contribution in [0, 0.1) is 13.8 Å². The molecular formula is C22H22N4O2. The fraction of sp³-hybridized carbons (Fsp3) is 0.273. The smallest absolute Gasteiger partial charge is 0.252 e.